The molecule has 6 heteroatoms. The zero-order valence-electron chi connectivity index (χ0n) is 12.3. The molecule has 1 heterocycles. The van der Waals surface area contributed by atoms with Crippen molar-refractivity contribution in [2.24, 2.45) is 10.9 Å². The molecule has 1 aliphatic rings. The fourth-order valence-corrected chi connectivity index (χ4v) is 2.73. The third-order valence-corrected chi connectivity index (χ3v) is 4.28. The van der Waals surface area contributed by atoms with Gasteiger partial charge in [-0.1, -0.05) is 0 Å². The molecule has 2 N–H and O–H groups in total. The van der Waals surface area contributed by atoms with E-state index in [1.807, 2.05) is 7.05 Å². The van der Waals surface area contributed by atoms with Crippen LogP contribution >= 0.6 is 35.3 Å². The lowest BCUT2D eigenvalue weighted by Gasteiger charge is -2.11. The van der Waals surface area contributed by atoms with Crippen LogP contribution in [0.2, 0.25) is 0 Å². The van der Waals surface area contributed by atoms with Gasteiger partial charge in [-0.2, -0.15) is 0 Å². The first-order valence-electron chi connectivity index (χ1n) is 7.13. The largest absolute Gasteiger partial charge is 0.356 e. The molecule has 2 rings (SSSR count). The highest BCUT2D eigenvalue weighted by atomic mass is 127. The molecule has 0 spiro atoms. The smallest absolute Gasteiger partial charge is 0.190 e. The molecular weight excluding hydrogens is 383 g/mol. The number of aliphatic imine (C=N–C) groups is 1. The zero-order valence-corrected chi connectivity index (χ0v) is 15.5. The molecule has 0 bridgehead atoms. The van der Waals surface area contributed by atoms with Crippen molar-refractivity contribution >= 4 is 41.3 Å². The molecular formula is C14H25IN4S. The van der Waals surface area contributed by atoms with Gasteiger partial charge < -0.3 is 10.6 Å². The van der Waals surface area contributed by atoms with Gasteiger partial charge in [0.1, 0.15) is 0 Å². The standard InChI is InChI=1S/C14H24N4S.HI/c1-11-10-19-13(18-11)5-3-4-8-16-14(15-2)17-9-12-6-7-12;/h10,12H,3-9H2,1-2H3,(H2,15,16,17);1H. The topological polar surface area (TPSA) is 49.3 Å². The summed E-state index contributed by atoms with van der Waals surface area (Å²) in [5, 5.41) is 10.1. The van der Waals surface area contributed by atoms with Gasteiger partial charge in [-0.25, -0.2) is 4.98 Å². The van der Waals surface area contributed by atoms with E-state index in [0.29, 0.717) is 0 Å². The number of aromatic nitrogens is 1. The van der Waals surface area contributed by atoms with E-state index in [9.17, 15) is 0 Å². The third-order valence-electron chi connectivity index (χ3n) is 3.26. The second-order valence-electron chi connectivity index (χ2n) is 5.16. The van der Waals surface area contributed by atoms with E-state index in [1.54, 1.807) is 11.3 Å². The molecule has 1 aromatic rings. The second kappa shape index (κ2) is 9.55. The van der Waals surface area contributed by atoms with Crippen LogP contribution in [-0.4, -0.2) is 31.1 Å². The minimum atomic E-state index is 0. The van der Waals surface area contributed by atoms with Gasteiger partial charge in [0.05, 0.1) is 5.01 Å². The Morgan fingerprint density at radius 2 is 2.20 bits per heavy atom. The van der Waals surface area contributed by atoms with Crippen LogP contribution in [-0.2, 0) is 6.42 Å². The van der Waals surface area contributed by atoms with Crippen LogP contribution in [0.25, 0.3) is 0 Å². The maximum atomic E-state index is 4.48. The van der Waals surface area contributed by atoms with Crippen molar-refractivity contribution in [2.75, 3.05) is 20.1 Å². The van der Waals surface area contributed by atoms with Crippen LogP contribution in [0, 0.1) is 12.8 Å². The summed E-state index contributed by atoms with van der Waals surface area (Å²) in [6, 6.07) is 0. The van der Waals surface area contributed by atoms with Gasteiger partial charge in [0, 0.05) is 31.2 Å². The summed E-state index contributed by atoms with van der Waals surface area (Å²) in [5.74, 6) is 1.82. The molecule has 1 aromatic heterocycles. The highest BCUT2D eigenvalue weighted by Crippen LogP contribution is 2.27. The highest BCUT2D eigenvalue weighted by molar-refractivity contribution is 14.0. The minimum Gasteiger partial charge on any atom is -0.356 e. The second-order valence-corrected chi connectivity index (χ2v) is 6.11. The molecule has 20 heavy (non-hydrogen) atoms. The first kappa shape index (κ1) is 17.7. The van der Waals surface area contributed by atoms with Crippen LogP contribution in [0.3, 0.4) is 0 Å². The number of rotatable bonds is 7. The van der Waals surface area contributed by atoms with E-state index in [2.05, 4.69) is 32.9 Å². The van der Waals surface area contributed by atoms with E-state index >= 15 is 0 Å². The number of nitrogens with one attached hydrogen (secondary N) is 2. The number of halogens is 1. The lowest BCUT2D eigenvalue weighted by molar-refractivity contribution is 0.682. The Morgan fingerprint density at radius 1 is 1.40 bits per heavy atom. The average Bonchev–Trinajstić information content (AvgIpc) is 3.15. The fourth-order valence-electron chi connectivity index (χ4n) is 1.91. The molecule has 0 atom stereocenters. The number of hydrogen-bond acceptors (Lipinski definition) is 3. The number of aryl methyl sites for hydroxylation is 2. The molecule has 0 aromatic carbocycles. The van der Waals surface area contributed by atoms with E-state index in [4.69, 9.17) is 0 Å². The Balaban J connectivity index is 0.00000200. The SMILES string of the molecule is CN=C(NCCCCc1nc(C)cs1)NCC1CC1.I. The van der Waals surface area contributed by atoms with E-state index < -0.39 is 0 Å². The molecule has 0 radical (unpaired) electrons. The van der Waals surface area contributed by atoms with Crippen LogP contribution in [0.5, 0.6) is 0 Å². The maximum absolute atomic E-state index is 4.48. The summed E-state index contributed by atoms with van der Waals surface area (Å²) in [6.07, 6.45) is 6.17. The predicted molar refractivity (Wildman–Crippen MR) is 97.3 cm³/mol. The number of unbranched alkanes of at least 4 members (excludes halogenated alkanes) is 1. The number of hydrogen-bond donors (Lipinski definition) is 2. The summed E-state index contributed by atoms with van der Waals surface area (Å²) >= 11 is 1.77. The van der Waals surface area contributed by atoms with Crippen molar-refractivity contribution in [1.29, 1.82) is 0 Å². The Morgan fingerprint density at radius 3 is 2.80 bits per heavy atom. The van der Waals surface area contributed by atoms with Crippen LogP contribution in [0.1, 0.15) is 36.4 Å². The van der Waals surface area contributed by atoms with Crippen molar-refractivity contribution in [1.82, 2.24) is 15.6 Å². The van der Waals surface area contributed by atoms with Gasteiger partial charge in [0.2, 0.25) is 0 Å². The number of thiazole rings is 1. The van der Waals surface area contributed by atoms with Crippen molar-refractivity contribution in [3.63, 3.8) is 0 Å². The van der Waals surface area contributed by atoms with Gasteiger partial charge >= 0.3 is 0 Å². The fraction of sp³-hybridized carbons (Fsp3) is 0.714. The Bertz CT molecular complexity index is 415. The summed E-state index contributed by atoms with van der Waals surface area (Å²) in [6.45, 7) is 4.10. The molecule has 0 aliphatic heterocycles. The molecule has 1 saturated carbocycles. The van der Waals surface area contributed by atoms with Gasteiger partial charge in [0.15, 0.2) is 5.96 Å². The molecule has 1 aliphatic carbocycles. The molecule has 4 nitrogen and oxygen atoms in total. The van der Waals surface area contributed by atoms with Crippen molar-refractivity contribution < 1.29 is 0 Å². The van der Waals surface area contributed by atoms with Crippen LogP contribution in [0.4, 0.5) is 0 Å². The number of nitrogens with zero attached hydrogens (tertiary/aromatic N) is 2. The zero-order chi connectivity index (χ0) is 13.5. The first-order valence-corrected chi connectivity index (χ1v) is 8.01. The molecule has 114 valence electrons. The monoisotopic (exact) mass is 408 g/mol. The van der Waals surface area contributed by atoms with Crippen molar-refractivity contribution in [2.45, 2.75) is 39.0 Å². The van der Waals surface area contributed by atoms with Gasteiger partial charge in [-0.15, -0.1) is 35.3 Å². The van der Waals surface area contributed by atoms with Crippen LogP contribution < -0.4 is 10.6 Å². The molecule has 0 unspecified atom stereocenters. The highest BCUT2D eigenvalue weighted by Gasteiger charge is 2.20. The lowest BCUT2D eigenvalue weighted by atomic mass is 10.2. The predicted octanol–water partition coefficient (Wildman–Crippen LogP) is 2.97. The van der Waals surface area contributed by atoms with Crippen molar-refractivity contribution in [3.8, 4) is 0 Å². The van der Waals surface area contributed by atoms with E-state index in [-0.39, 0.29) is 24.0 Å². The quantitative estimate of drug-likeness (QED) is 0.316. The third kappa shape index (κ3) is 6.88. The molecule has 0 saturated heterocycles. The lowest BCUT2D eigenvalue weighted by Crippen LogP contribution is -2.38. The van der Waals surface area contributed by atoms with E-state index in [0.717, 1.165) is 43.5 Å². The van der Waals surface area contributed by atoms with Gasteiger partial charge in [-0.3, -0.25) is 4.99 Å². The Kier molecular flexibility index (Phi) is 8.44. The van der Waals surface area contributed by atoms with Gasteiger partial charge in [0.25, 0.3) is 0 Å². The minimum absolute atomic E-state index is 0. The first-order chi connectivity index (χ1) is 9.28. The van der Waals surface area contributed by atoms with Crippen LogP contribution in [0.15, 0.2) is 10.4 Å². The van der Waals surface area contributed by atoms with E-state index in [1.165, 1.54) is 24.3 Å². The number of guanidine groups is 1. The summed E-state index contributed by atoms with van der Waals surface area (Å²) in [5.41, 5.74) is 1.14. The summed E-state index contributed by atoms with van der Waals surface area (Å²) < 4.78 is 0. The summed E-state index contributed by atoms with van der Waals surface area (Å²) in [7, 11) is 1.83. The average molecular weight is 408 g/mol. The Hall–Kier alpha value is -0.370. The normalized spacial score (nSPS) is 14.8. The van der Waals surface area contributed by atoms with Gasteiger partial charge in [-0.05, 0) is 44.9 Å². The Labute approximate surface area is 142 Å². The molecule has 1 fully saturated rings. The molecule has 0 amide bonds. The summed E-state index contributed by atoms with van der Waals surface area (Å²) in [4.78, 5) is 8.71. The maximum Gasteiger partial charge on any atom is 0.190 e. The van der Waals surface area contributed by atoms with Crippen molar-refractivity contribution in [3.05, 3.63) is 16.1 Å².